The predicted octanol–water partition coefficient (Wildman–Crippen LogP) is 4.50. The molecule has 0 aliphatic rings. The maximum Gasteiger partial charge on any atom is 0.133 e. The summed E-state index contributed by atoms with van der Waals surface area (Å²) in [6.07, 6.45) is 6.25. The van der Waals surface area contributed by atoms with Crippen LogP contribution in [0.25, 0.3) is 0 Å². The van der Waals surface area contributed by atoms with Crippen LogP contribution in [0.3, 0.4) is 0 Å². The normalized spacial score (nSPS) is 12.1. The van der Waals surface area contributed by atoms with Crippen molar-refractivity contribution in [2.45, 2.75) is 44.9 Å². The van der Waals surface area contributed by atoms with Gasteiger partial charge in [-0.3, -0.25) is 4.79 Å². The highest BCUT2D eigenvalue weighted by Gasteiger charge is 2.13. The van der Waals surface area contributed by atoms with Crippen molar-refractivity contribution < 1.29 is 4.79 Å². The van der Waals surface area contributed by atoms with Gasteiger partial charge in [0, 0.05) is 12.8 Å². The molecule has 0 unspecified atom stereocenters. The van der Waals surface area contributed by atoms with Crippen molar-refractivity contribution >= 4 is 5.78 Å². The summed E-state index contributed by atoms with van der Waals surface area (Å²) in [7, 11) is 0. The SMILES string of the molecule is C=CC[C@@H](CC(=O)CCCC)c1ccccc1. The van der Waals surface area contributed by atoms with E-state index in [0.717, 1.165) is 25.7 Å². The largest absolute Gasteiger partial charge is 0.300 e. The van der Waals surface area contributed by atoms with Crippen molar-refractivity contribution in [2.75, 3.05) is 0 Å². The summed E-state index contributed by atoms with van der Waals surface area (Å²) in [5.74, 6) is 0.681. The van der Waals surface area contributed by atoms with E-state index in [-0.39, 0.29) is 0 Å². The Morgan fingerprint density at radius 1 is 1.35 bits per heavy atom. The van der Waals surface area contributed by atoms with E-state index in [1.807, 2.05) is 24.3 Å². The van der Waals surface area contributed by atoms with Gasteiger partial charge in [-0.1, -0.05) is 49.8 Å². The van der Waals surface area contributed by atoms with Crippen molar-refractivity contribution in [3.8, 4) is 0 Å². The second-order valence-corrected chi connectivity index (χ2v) is 4.48. The molecule has 0 radical (unpaired) electrons. The molecule has 1 aromatic carbocycles. The van der Waals surface area contributed by atoms with Crippen LogP contribution in [0.1, 0.15) is 50.5 Å². The van der Waals surface area contributed by atoms with Gasteiger partial charge >= 0.3 is 0 Å². The van der Waals surface area contributed by atoms with E-state index in [1.165, 1.54) is 5.56 Å². The third kappa shape index (κ3) is 4.99. The van der Waals surface area contributed by atoms with E-state index in [2.05, 4.69) is 25.6 Å². The minimum Gasteiger partial charge on any atom is -0.300 e. The summed E-state index contributed by atoms with van der Waals surface area (Å²) in [6, 6.07) is 10.3. The second-order valence-electron chi connectivity index (χ2n) is 4.48. The lowest BCUT2D eigenvalue weighted by Gasteiger charge is -2.14. The maximum absolute atomic E-state index is 11.8. The van der Waals surface area contributed by atoms with Crippen molar-refractivity contribution in [3.05, 3.63) is 48.6 Å². The molecule has 0 N–H and O–H groups in total. The van der Waals surface area contributed by atoms with Crippen LogP contribution in [-0.4, -0.2) is 5.78 Å². The maximum atomic E-state index is 11.8. The number of hydrogen-bond donors (Lipinski definition) is 0. The Morgan fingerprint density at radius 2 is 2.06 bits per heavy atom. The van der Waals surface area contributed by atoms with Crippen LogP contribution in [0.2, 0.25) is 0 Å². The van der Waals surface area contributed by atoms with Crippen molar-refractivity contribution in [1.82, 2.24) is 0 Å². The fourth-order valence-electron chi connectivity index (χ4n) is 2.01. The zero-order valence-electron chi connectivity index (χ0n) is 10.7. The summed E-state index contributed by atoms with van der Waals surface area (Å²) in [6.45, 7) is 5.90. The third-order valence-corrected chi connectivity index (χ3v) is 3.01. The molecule has 0 aliphatic carbocycles. The number of unbranched alkanes of at least 4 members (excludes halogenated alkanes) is 1. The Morgan fingerprint density at radius 3 is 2.65 bits per heavy atom. The number of allylic oxidation sites excluding steroid dienone is 1. The highest BCUT2D eigenvalue weighted by molar-refractivity contribution is 5.79. The van der Waals surface area contributed by atoms with Crippen LogP contribution in [0.4, 0.5) is 0 Å². The van der Waals surface area contributed by atoms with E-state index in [9.17, 15) is 4.79 Å². The topological polar surface area (TPSA) is 17.1 Å². The lowest BCUT2D eigenvalue weighted by molar-refractivity contribution is -0.119. The molecule has 0 bridgehead atoms. The molecule has 0 spiro atoms. The van der Waals surface area contributed by atoms with Crippen LogP contribution in [0, 0.1) is 0 Å². The highest BCUT2D eigenvalue weighted by atomic mass is 16.1. The molecule has 92 valence electrons. The van der Waals surface area contributed by atoms with E-state index in [4.69, 9.17) is 0 Å². The first-order valence-electron chi connectivity index (χ1n) is 6.45. The Labute approximate surface area is 105 Å². The van der Waals surface area contributed by atoms with Gasteiger partial charge in [-0.05, 0) is 24.3 Å². The summed E-state index contributed by atoms with van der Waals surface area (Å²) >= 11 is 0. The molecular formula is C16H22O. The molecule has 1 atom stereocenters. The smallest absolute Gasteiger partial charge is 0.133 e. The van der Waals surface area contributed by atoms with E-state index in [1.54, 1.807) is 0 Å². The average Bonchev–Trinajstić information content (AvgIpc) is 2.37. The zero-order valence-corrected chi connectivity index (χ0v) is 10.7. The Bertz CT molecular complexity index is 340. The number of benzene rings is 1. The minimum absolute atomic E-state index is 0.304. The molecule has 17 heavy (non-hydrogen) atoms. The van der Waals surface area contributed by atoms with Crippen molar-refractivity contribution in [2.24, 2.45) is 0 Å². The lowest BCUT2D eigenvalue weighted by Crippen LogP contribution is -2.06. The Balaban J connectivity index is 2.60. The molecule has 0 fully saturated rings. The van der Waals surface area contributed by atoms with Crippen LogP contribution in [0.5, 0.6) is 0 Å². The molecule has 1 rings (SSSR count). The molecule has 1 nitrogen and oxygen atoms in total. The molecule has 0 heterocycles. The van der Waals surface area contributed by atoms with Crippen LogP contribution < -0.4 is 0 Å². The van der Waals surface area contributed by atoms with E-state index < -0.39 is 0 Å². The van der Waals surface area contributed by atoms with Gasteiger partial charge in [-0.25, -0.2) is 0 Å². The molecule has 0 saturated heterocycles. The molecule has 0 amide bonds. The van der Waals surface area contributed by atoms with Crippen molar-refractivity contribution in [3.63, 3.8) is 0 Å². The lowest BCUT2D eigenvalue weighted by atomic mass is 9.90. The fourth-order valence-corrected chi connectivity index (χ4v) is 2.01. The Kier molecular flexibility index (Phi) is 6.31. The number of carbonyl (C=O) groups excluding carboxylic acids is 1. The molecule has 0 aromatic heterocycles. The molecule has 0 aliphatic heterocycles. The monoisotopic (exact) mass is 230 g/mol. The zero-order chi connectivity index (χ0) is 12.5. The summed E-state index contributed by atoms with van der Waals surface area (Å²) < 4.78 is 0. The van der Waals surface area contributed by atoms with Crippen LogP contribution in [0.15, 0.2) is 43.0 Å². The van der Waals surface area contributed by atoms with Gasteiger partial charge in [0.05, 0.1) is 0 Å². The standard InChI is InChI=1S/C16H22O/c1-3-5-12-16(17)13-15(9-4-2)14-10-7-6-8-11-14/h4,6-8,10-11,15H,2-3,5,9,12-13H2,1H3/t15-/m0/s1. The van der Waals surface area contributed by atoms with Gasteiger partial charge in [0.15, 0.2) is 0 Å². The van der Waals surface area contributed by atoms with Crippen molar-refractivity contribution in [1.29, 1.82) is 0 Å². The first-order chi connectivity index (χ1) is 8.27. The van der Waals surface area contributed by atoms with E-state index in [0.29, 0.717) is 18.1 Å². The average molecular weight is 230 g/mol. The first kappa shape index (κ1) is 13.7. The quantitative estimate of drug-likeness (QED) is 0.601. The highest BCUT2D eigenvalue weighted by Crippen LogP contribution is 2.24. The molecule has 1 heteroatoms. The second kappa shape index (κ2) is 7.83. The number of Topliss-reactive ketones (excluding diaryl/α,β-unsaturated/α-hetero) is 1. The van der Waals surface area contributed by atoms with Gasteiger partial charge in [0.25, 0.3) is 0 Å². The third-order valence-electron chi connectivity index (χ3n) is 3.01. The fraction of sp³-hybridized carbons (Fsp3) is 0.438. The van der Waals surface area contributed by atoms with E-state index >= 15 is 0 Å². The van der Waals surface area contributed by atoms with Gasteiger partial charge in [-0.2, -0.15) is 0 Å². The summed E-state index contributed by atoms with van der Waals surface area (Å²) in [5.41, 5.74) is 1.25. The number of ketones is 1. The van der Waals surface area contributed by atoms with Crippen LogP contribution in [-0.2, 0) is 4.79 Å². The summed E-state index contributed by atoms with van der Waals surface area (Å²) in [5, 5.41) is 0. The number of carbonyl (C=O) groups is 1. The summed E-state index contributed by atoms with van der Waals surface area (Å²) in [4.78, 5) is 11.8. The number of hydrogen-bond acceptors (Lipinski definition) is 1. The first-order valence-corrected chi connectivity index (χ1v) is 6.45. The van der Waals surface area contributed by atoms with Gasteiger partial charge in [0.1, 0.15) is 5.78 Å². The number of rotatable bonds is 8. The van der Waals surface area contributed by atoms with Gasteiger partial charge in [0.2, 0.25) is 0 Å². The predicted molar refractivity (Wildman–Crippen MR) is 73.1 cm³/mol. The van der Waals surface area contributed by atoms with Crippen LogP contribution >= 0.6 is 0 Å². The van der Waals surface area contributed by atoms with Gasteiger partial charge < -0.3 is 0 Å². The Hall–Kier alpha value is -1.37. The molecular weight excluding hydrogens is 208 g/mol. The molecule has 1 aromatic rings. The van der Waals surface area contributed by atoms with Gasteiger partial charge in [-0.15, -0.1) is 6.58 Å². The minimum atomic E-state index is 0.304. The molecule has 0 saturated carbocycles.